The van der Waals surface area contributed by atoms with Crippen LogP contribution >= 0.6 is 0 Å². The zero-order valence-electron chi connectivity index (χ0n) is 14.4. The van der Waals surface area contributed by atoms with Gasteiger partial charge in [0.15, 0.2) is 0 Å². The van der Waals surface area contributed by atoms with Gasteiger partial charge in [0.25, 0.3) is 0 Å². The van der Waals surface area contributed by atoms with Gasteiger partial charge >= 0.3 is 5.22 Å². The van der Waals surface area contributed by atoms with Gasteiger partial charge in [-0.2, -0.15) is 0 Å². The van der Waals surface area contributed by atoms with E-state index in [1.165, 1.54) is 11.6 Å². The van der Waals surface area contributed by atoms with Crippen molar-refractivity contribution in [2.24, 2.45) is 0 Å². The summed E-state index contributed by atoms with van der Waals surface area (Å²) in [5, 5.41) is 9.34. The Labute approximate surface area is 147 Å². The molecule has 0 aliphatic rings. The van der Waals surface area contributed by atoms with E-state index in [2.05, 4.69) is 29.4 Å². The van der Waals surface area contributed by atoms with Gasteiger partial charge in [-0.3, -0.25) is 4.79 Å². The highest BCUT2D eigenvalue weighted by molar-refractivity contribution is 7.90. The summed E-state index contributed by atoms with van der Waals surface area (Å²) in [7, 11) is -3.51. The Hall–Kier alpha value is -2.48. The van der Waals surface area contributed by atoms with Crippen LogP contribution in [0.1, 0.15) is 36.8 Å². The molecular formula is C17H21N3O4S. The molecule has 134 valence electrons. The maximum atomic E-state index is 11.8. The number of carbonyl (C=O) groups is 1. The second-order valence-corrected chi connectivity index (χ2v) is 7.82. The first-order valence-corrected chi connectivity index (χ1v) is 9.73. The van der Waals surface area contributed by atoms with E-state index in [0.717, 1.165) is 11.8 Å². The first-order chi connectivity index (χ1) is 11.8. The summed E-state index contributed by atoms with van der Waals surface area (Å²) < 4.78 is 27.5. The van der Waals surface area contributed by atoms with Gasteiger partial charge in [-0.15, -0.1) is 5.10 Å². The summed E-state index contributed by atoms with van der Waals surface area (Å²) >= 11 is 0. The van der Waals surface area contributed by atoms with Crippen LogP contribution in [0.3, 0.4) is 0 Å². The van der Waals surface area contributed by atoms with E-state index in [1.807, 2.05) is 24.3 Å². The molecule has 7 nitrogen and oxygen atoms in total. The van der Waals surface area contributed by atoms with Gasteiger partial charge in [-0.1, -0.05) is 43.2 Å². The molecule has 0 unspecified atom stereocenters. The molecule has 0 fully saturated rings. The third kappa shape index (κ3) is 5.82. The Morgan fingerprint density at radius 2 is 1.92 bits per heavy atom. The highest BCUT2D eigenvalue weighted by Gasteiger charge is 2.16. The minimum Gasteiger partial charge on any atom is -0.412 e. The summed E-state index contributed by atoms with van der Waals surface area (Å²) in [5.74, 6) is 0.374. The quantitative estimate of drug-likeness (QED) is 0.755. The number of carbonyl (C=O) groups excluding carboxylic acids is 1. The molecule has 0 saturated heterocycles. The fraction of sp³-hybridized carbons (Fsp3) is 0.353. The van der Waals surface area contributed by atoms with Crippen LogP contribution in [-0.4, -0.2) is 37.3 Å². The molecule has 1 amide bonds. The summed E-state index contributed by atoms with van der Waals surface area (Å²) in [6.45, 7) is 4.52. The first-order valence-electron chi connectivity index (χ1n) is 7.84. The number of hydrogen-bond acceptors (Lipinski definition) is 6. The van der Waals surface area contributed by atoms with Gasteiger partial charge in [0, 0.05) is 25.3 Å². The van der Waals surface area contributed by atoms with Crippen LogP contribution in [0.4, 0.5) is 0 Å². The minimum absolute atomic E-state index is 0.161. The van der Waals surface area contributed by atoms with Gasteiger partial charge in [0.05, 0.1) is 0 Å². The zero-order chi connectivity index (χ0) is 18.4. The molecule has 1 aromatic heterocycles. The number of nitrogens with zero attached hydrogens (tertiary/aromatic N) is 2. The van der Waals surface area contributed by atoms with Gasteiger partial charge in [0.1, 0.15) is 0 Å². The highest BCUT2D eigenvalue weighted by atomic mass is 32.2. The van der Waals surface area contributed by atoms with Crippen LogP contribution < -0.4 is 5.32 Å². The molecule has 0 aliphatic carbocycles. The molecule has 0 saturated carbocycles. The van der Waals surface area contributed by atoms with Crippen LogP contribution in [0, 0.1) is 0 Å². The number of aromatic nitrogens is 2. The van der Waals surface area contributed by atoms with Gasteiger partial charge < -0.3 is 9.73 Å². The summed E-state index contributed by atoms with van der Waals surface area (Å²) in [6, 6.07) is 8.00. The van der Waals surface area contributed by atoms with Gasteiger partial charge in [-0.05, 0) is 23.1 Å². The maximum Gasteiger partial charge on any atom is 0.335 e. The Balaban J connectivity index is 1.81. The normalized spacial score (nSPS) is 12.0. The predicted molar refractivity (Wildman–Crippen MR) is 93.7 cm³/mol. The van der Waals surface area contributed by atoms with Crippen molar-refractivity contribution in [1.29, 1.82) is 0 Å². The second kappa shape index (κ2) is 8.06. The standard InChI is InChI=1S/C17H21N3O4S/c1-12(2)14-7-4-13(5-8-14)6-9-15(21)18-11-10-16-19-20-17(24-16)25(3,22)23/h4-9,12H,10-11H2,1-3H3,(H,18,21)/b9-6+. The average molecular weight is 363 g/mol. The highest BCUT2D eigenvalue weighted by Crippen LogP contribution is 2.15. The third-order valence-electron chi connectivity index (χ3n) is 3.43. The lowest BCUT2D eigenvalue weighted by Crippen LogP contribution is -2.23. The molecule has 1 aromatic carbocycles. The molecule has 2 aromatic rings. The van der Waals surface area contributed by atoms with E-state index in [4.69, 9.17) is 4.42 Å². The Kier molecular flexibility index (Phi) is 6.08. The topological polar surface area (TPSA) is 102 Å². The number of benzene rings is 1. The summed E-state index contributed by atoms with van der Waals surface area (Å²) in [5.41, 5.74) is 2.18. The van der Waals surface area contributed by atoms with Crippen molar-refractivity contribution >= 4 is 21.8 Å². The number of sulfone groups is 1. The molecule has 0 spiro atoms. The van der Waals surface area contributed by atoms with Crippen LogP contribution in [0.5, 0.6) is 0 Å². The fourth-order valence-corrected chi connectivity index (χ4v) is 2.44. The van der Waals surface area contributed by atoms with E-state index < -0.39 is 15.1 Å². The maximum absolute atomic E-state index is 11.8. The van der Waals surface area contributed by atoms with E-state index >= 15 is 0 Å². The largest absolute Gasteiger partial charge is 0.412 e. The number of hydrogen-bond donors (Lipinski definition) is 1. The van der Waals surface area contributed by atoms with Crippen LogP contribution in [0.2, 0.25) is 0 Å². The van der Waals surface area contributed by atoms with Crippen molar-refractivity contribution in [2.75, 3.05) is 12.8 Å². The molecule has 8 heteroatoms. The Bertz CT molecular complexity index is 852. The fourth-order valence-electron chi connectivity index (χ4n) is 2.00. The molecule has 1 heterocycles. The van der Waals surface area contributed by atoms with Gasteiger partial charge in [0.2, 0.25) is 21.6 Å². The second-order valence-electron chi connectivity index (χ2n) is 5.93. The van der Waals surface area contributed by atoms with E-state index in [0.29, 0.717) is 5.92 Å². The van der Waals surface area contributed by atoms with Crippen LogP contribution in [0.15, 0.2) is 40.0 Å². The molecule has 0 atom stereocenters. The van der Waals surface area contributed by atoms with Crippen molar-refractivity contribution in [3.8, 4) is 0 Å². The Morgan fingerprint density at radius 3 is 2.48 bits per heavy atom. The lowest BCUT2D eigenvalue weighted by atomic mass is 10.0. The molecule has 0 radical (unpaired) electrons. The van der Waals surface area contributed by atoms with Crippen LogP contribution in [-0.2, 0) is 21.1 Å². The summed E-state index contributed by atoms with van der Waals surface area (Å²) in [4.78, 5) is 11.8. The number of nitrogens with one attached hydrogen (secondary N) is 1. The average Bonchev–Trinajstić information content (AvgIpc) is 3.02. The lowest BCUT2D eigenvalue weighted by Gasteiger charge is -2.04. The van der Waals surface area contributed by atoms with Crippen molar-refractivity contribution < 1.29 is 17.6 Å². The van der Waals surface area contributed by atoms with Gasteiger partial charge in [-0.25, -0.2) is 8.42 Å². The monoisotopic (exact) mass is 363 g/mol. The number of rotatable bonds is 7. The van der Waals surface area contributed by atoms with Crippen molar-refractivity contribution in [2.45, 2.75) is 31.4 Å². The van der Waals surface area contributed by atoms with Crippen LogP contribution in [0.25, 0.3) is 6.08 Å². The molecule has 0 aliphatic heterocycles. The first kappa shape index (κ1) is 18.9. The smallest absolute Gasteiger partial charge is 0.335 e. The molecule has 0 bridgehead atoms. The van der Waals surface area contributed by atoms with Crippen molar-refractivity contribution in [3.05, 3.63) is 47.4 Å². The van der Waals surface area contributed by atoms with E-state index in [-0.39, 0.29) is 24.8 Å². The molecule has 2 rings (SSSR count). The summed E-state index contributed by atoms with van der Waals surface area (Å²) in [6.07, 6.45) is 4.42. The van der Waals surface area contributed by atoms with E-state index in [9.17, 15) is 13.2 Å². The van der Waals surface area contributed by atoms with Crippen molar-refractivity contribution in [1.82, 2.24) is 15.5 Å². The lowest BCUT2D eigenvalue weighted by molar-refractivity contribution is -0.116. The molecule has 1 N–H and O–H groups in total. The minimum atomic E-state index is -3.51. The molecule has 25 heavy (non-hydrogen) atoms. The SMILES string of the molecule is CC(C)c1ccc(/C=C/C(=O)NCCc2nnc(S(C)(=O)=O)o2)cc1. The molecular weight excluding hydrogens is 342 g/mol. The number of amides is 1. The van der Waals surface area contributed by atoms with Crippen molar-refractivity contribution in [3.63, 3.8) is 0 Å². The third-order valence-corrected chi connectivity index (χ3v) is 4.23. The zero-order valence-corrected chi connectivity index (χ0v) is 15.2. The predicted octanol–water partition coefficient (Wildman–Crippen LogP) is 1.97. The van der Waals surface area contributed by atoms with E-state index in [1.54, 1.807) is 6.08 Å². The Morgan fingerprint density at radius 1 is 1.24 bits per heavy atom.